The van der Waals surface area contributed by atoms with Crippen molar-refractivity contribution in [2.75, 3.05) is 0 Å². The van der Waals surface area contributed by atoms with Crippen molar-refractivity contribution in [3.63, 3.8) is 0 Å². The smallest absolute Gasteiger partial charge is 0.251 e. The summed E-state index contributed by atoms with van der Waals surface area (Å²) in [7, 11) is 0. The lowest BCUT2D eigenvalue weighted by atomic mass is 10.0. The Morgan fingerprint density at radius 3 is 2.90 bits per heavy atom. The first kappa shape index (κ1) is 20.9. The van der Waals surface area contributed by atoms with Crippen LogP contribution in [0.5, 0.6) is 0 Å². The Morgan fingerprint density at radius 1 is 1.23 bits per heavy atom. The monoisotopic (exact) mass is 492 g/mol. The molecule has 30 heavy (non-hydrogen) atoms. The number of carbonyl (C=O) groups excluding carboxylic acids is 2. The van der Waals surface area contributed by atoms with Crippen molar-refractivity contribution in [3.8, 4) is 0 Å². The van der Waals surface area contributed by atoms with Crippen LogP contribution in [0, 0.1) is 11.7 Å². The molecule has 2 N–H and O–H groups in total. The second-order valence-corrected chi connectivity index (χ2v) is 8.61. The van der Waals surface area contributed by atoms with Gasteiger partial charge in [-0.05, 0) is 53.0 Å². The van der Waals surface area contributed by atoms with Gasteiger partial charge in [0.2, 0.25) is 5.91 Å². The number of fused-ring (bicyclic) bond motifs is 1. The maximum atomic E-state index is 14.0. The lowest BCUT2D eigenvalue weighted by molar-refractivity contribution is -0.125. The molecule has 5 nitrogen and oxygen atoms in total. The molecule has 1 aliphatic carbocycles. The average molecular weight is 494 g/mol. The third-order valence-electron chi connectivity index (χ3n) is 5.42. The fourth-order valence-electron chi connectivity index (χ4n) is 3.87. The molecular weight excluding hydrogens is 475 g/mol. The fraction of sp³-hybridized carbons (Fsp3) is 0.273. The van der Waals surface area contributed by atoms with Crippen LogP contribution in [0.1, 0.15) is 35.2 Å². The Kier molecular flexibility index (Phi) is 6.11. The number of furan rings is 1. The predicted molar refractivity (Wildman–Crippen MR) is 116 cm³/mol. The number of hydrogen-bond acceptors (Lipinski definition) is 3. The third-order valence-corrected chi connectivity index (χ3v) is 6.30. The van der Waals surface area contributed by atoms with Crippen LogP contribution < -0.4 is 10.6 Å². The second-order valence-electron chi connectivity index (χ2n) is 7.35. The Bertz CT molecular complexity index is 1120. The van der Waals surface area contributed by atoms with Crippen LogP contribution in [0.15, 0.2) is 51.6 Å². The number of rotatable bonds is 5. The summed E-state index contributed by atoms with van der Waals surface area (Å²) in [6.07, 6.45) is 3.78. The summed E-state index contributed by atoms with van der Waals surface area (Å²) >= 11 is 9.21. The molecule has 3 aromatic rings. The Morgan fingerprint density at radius 2 is 2.07 bits per heavy atom. The summed E-state index contributed by atoms with van der Waals surface area (Å²) in [5.74, 6) is -1.35. The average Bonchev–Trinajstić information content (AvgIpc) is 3.38. The number of halogens is 3. The van der Waals surface area contributed by atoms with Gasteiger partial charge < -0.3 is 15.1 Å². The minimum Gasteiger partial charge on any atom is -0.463 e. The van der Waals surface area contributed by atoms with Crippen LogP contribution in [0.3, 0.4) is 0 Å². The number of carbonyl (C=O) groups is 2. The molecular formula is C22H19BrClFN2O3. The first-order valence-corrected chi connectivity index (χ1v) is 10.8. The van der Waals surface area contributed by atoms with E-state index in [2.05, 4.69) is 26.6 Å². The zero-order valence-electron chi connectivity index (χ0n) is 15.9. The zero-order valence-corrected chi connectivity index (χ0v) is 18.2. The van der Waals surface area contributed by atoms with Crippen molar-refractivity contribution < 1.29 is 18.4 Å². The van der Waals surface area contributed by atoms with Gasteiger partial charge in [0.1, 0.15) is 11.4 Å². The molecule has 0 spiro atoms. The van der Waals surface area contributed by atoms with Gasteiger partial charge in [-0.1, -0.05) is 30.2 Å². The second kappa shape index (κ2) is 8.78. The van der Waals surface area contributed by atoms with E-state index in [1.54, 1.807) is 36.6 Å². The third kappa shape index (κ3) is 4.23. The predicted octanol–water partition coefficient (Wildman–Crippen LogP) is 5.20. The van der Waals surface area contributed by atoms with Gasteiger partial charge in [-0.3, -0.25) is 9.59 Å². The highest BCUT2D eigenvalue weighted by molar-refractivity contribution is 9.10. The molecule has 0 radical (unpaired) electrons. The maximum Gasteiger partial charge on any atom is 0.251 e. The van der Waals surface area contributed by atoms with Crippen molar-refractivity contribution in [3.05, 3.63) is 69.1 Å². The highest BCUT2D eigenvalue weighted by Crippen LogP contribution is 2.29. The molecule has 2 aromatic carbocycles. The van der Waals surface area contributed by atoms with Gasteiger partial charge >= 0.3 is 0 Å². The van der Waals surface area contributed by atoms with E-state index in [9.17, 15) is 14.0 Å². The van der Waals surface area contributed by atoms with Gasteiger partial charge in [0.25, 0.3) is 5.91 Å². The summed E-state index contributed by atoms with van der Waals surface area (Å²) in [6.45, 7) is 0.0481. The van der Waals surface area contributed by atoms with Gasteiger partial charge in [-0.25, -0.2) is 4.39 Å². The van der Waals surface area contributed by atoms with Gasteiger partial charge in [0.15, 0.2) is 0 Å². The van der Waals surface area contributed by atoms with E-state index in [4.69, 9.17) is 16.0 Å². The summed E-state index contributed by atoms with van der Waals surface area (Å²) < 4.78 is 20.1. The molecule has 0 saturated heterocycles. The van der Waals surface area contributed by atoms with Crippen molar-refractivity contribution in [2.24, 2.45) is 5.92 Å². The van der Waals surface area contributed by atoms with Crippen molar-refractivity contribution in [2.45, 2.75) is 31.8 Å². The van der Waals surface area contributed by atoms with Crippen LogP contribution >= 0.6 is 27.5 Å². The summed E-state index contributed by atoms with van der Waals surface area (Å²) in [5, 5.41) is 6.60. The van der Waals surface area contributed by atoms with Gasteiger partial charge in [0, 0.05) is 29.1 Å². The molecule has 2 amide bonds. The Balaban J connectivity index is 1.41. The molecule has 1 heterocycles. The highest BCUT2D eigenvalue weighted by atomic mass is 79.9. The van der Waals surface area contributed by atoms with E-state index in [1.807, 2.05) is 0 Å². The molecule has 156 valence electrons. The largest absolute Gasteiger partial charge is 0.463 e. The van der Waals surface area contributed by atoms with E-state index in [0.717, 1.165) is 11.8 Å². The fourth-order valence-corrected chi connectivity index (χ4v) is 4.63. The highest BCUT2D eigenvalue weighted by Gasteiger charge is 2.34. The summed E-state index contributed by atoms with van der Waals surface area (Å²) in [5.41, 5.74) is 1.49. The molecule has 1 saturated carbocycles. The lowest BCUT2D eigenvalue weighted by Gasteiger charge is -2.21. The van der Waals surface area contributed by atoms with Crippen LogP contribution in [0.4, 0.5) is 4.39 Å². The molecule has 4 rings (SSSR count). The number of benzene rings is 2. The number of nitrogens with one attached hydrogen (secondary N) is 2. The normalized spacial score (nSPS) is 18.5. The summed E-state index contributed by atoms with van der Waals surface area (Å²) in [6, 6.07) is 9.65. The molecule has 8 heteroatoms. The van der Waals surface area contributed by atoms with E-state index < -0.39 is 5.82 Å². The van der Waals surface area contributed by atoms with E-state index in [1.165, 1.54) is 6.07 Å². The van der Waals surface area contributed by atoms with Gasteiger partial charge in [0.05, 0.1) is 21.7 Å². The van der Waals surface area contributed by atoms with Crippen LogP contribution in [-0.2, 0) is 11.3 Å². The molecule has 2 unspecified atom stereocenters. The van der Waals surface area contributed by atoms with Crippen molar-refractivity contribution in [1.29, 1.82) is 0 Å². The zero-order chi connectivity index (χ0) is 21.3. The summed E-state index contributed by atoms with van der Waals surface area (Å²) in [4.78, 5) is 25.5. The SMILES string of the molecule is O=C(NC1CCCC1C(=O)NCc1cccc(Cl)c1F)c1cc(Br)c2occc2c1. The molecule has 2 atom stereocenters. The number of amides is 2. The topological polar surface area (TPSA) is 71.3 Å². The molecule has 0 bridgehead atoms. The van der Waals surface area contributed by atoms with Crippen LogP contribution in [-0.4, -0.2) is 17.9 Å². The van der Waals surface area contributed by atoms with Gasteiger partial charge in [-0.15, -0.1) is 0 Å². The Hall–Kier alpha value is -2.38. The first-order chi connectivity index (χ1) is 14.4. The van der Waals surface area contributed by atoms with Crippen molar-refractivity contribution >= 4 is 50.3 Å². The van der Waals surface area contributed by atoms with Crippen molar-refractivity contribution in [1.82, 2.24) is 10.6 Å². The van der Waals surface area contributed by atoms with Crippen LogP contribution in [0.25, 0.3) is 11.0 Å². The maximum absolute atomic E-state index is 14.0. The number of hydrogen-bond donors (Lipinski definition) is 2. The van der Waals surface area contributed by atoms with Gasteiger partial charge in [-0.2, -0.15) is 0 Å². The van der Waals surface area contributed by atoms with Crippen LogP contribution in [0.2, 0.25) is 5.02 Å². The minimum atomic E-state index is -0.532. The molecule has 1 fully saturated rings. The first-order valence-electron chi connectivity index (χ1n) is 9.62. The van der Waals surface area contributed by atoms with E-state index in [-0.39, 0.29) is 35.3 Å². The molecule has 1 aromatic heterocycles. The lowest BCUT2D eigenvalue weighted by Crippen LogP contribution is -2.43. The standard InChI is InChI=1S/C22H19BrClFN2O3/c23-16-10-14(9-12-7-8-30-20(12)16)21(28)27-18-6-2-4-15(18)22(29)26-11-13-3-1-5-17(24)19(13)25/h1,3,5,7-10,15,18H,2,4,6,11H2,(H,26,29)(H,27,28). The molecule has 1 aliphatic rings. The Labute approximate surface area is 186 Å². The quantitative estimate of drug-likeness (QED) is 0.513. The molecule has 0 aliphatic heterocycles. The van der Waals surface area contributed by atoms with E-state index >= 15 is 0 Å². The minimum absolute atomic E-state index is 0.0218. The van der Waals surface area contributed by atoms with E-state index in [0.29, 0.717) is 34.0 Å².